The lowest BCUT2D eigenvalue weighted by Crippen LogP contribution is -2.27. The van der Waals surface area contributed by atoms with E-state index in [-0.39, 0.29) is 0 Å². The highest BCUT2D eigenvalue weighted by molar-refractivity contribution is 7.07. The fraction of sp³-hybridized carbons (Fsp3) is 0.467. The van der Waals surface area contributed by atoms with Crippen LogP contribution in [0.25, 0.3) is 0 Å². The summed E-state index contributed by atoms with van der Waals surface area (Å²) in [7, 11) is 0. The van der Waals surface area contributed by atoms with Crippen molar-refractivity contribution in [1.82, 2.24) is 9.88 Å². The van der Waals surface area contributed by atoms with E-state index >= 15 is 0 Å². The topological polar surface area (TPSA) is 17.0 Å². The fourth-order valence-electron chi connectivity index (χ4n) is 2.12. The summed E-state index contributed by atoms with van der Waals surface area (Å²) in [5.41, 5.74) is 2.81. The molecule has 0 aliphatic heterocycles. The minimum atomic E-state index is 0.522. The molecule has 1 N–H and O–H groups in total. The predicted octanol–water partition coefficient (Wildman–Crippen LogP) is 3.68. The summed E-state index contributed by atoms with van der Waals surface area (Å²) in [6, 6.07) is 4.94. The van der Waals surface area contributed by atoms with Crippen LogP contribution in [-0.4, -0.2) is 10.6 Å². The SMILES string of the molecule is CCCn1ccc(CNC(C)Cc2ccsc2)c1. The number of aryl methyl sites for hydroxylation is 1. The largest absolute Gasteiger partial charge is 0.354 e. The maximum absolute atomic E-state index is 3.58. The molecular weight excluding hydrogens is 240 g/mol. The van der Waals surface area contributed by atoms with Gasteiger partial charge in [-0.2, -0.15) is 11.3 Å². The van der Waals surface area contributed by atoms with Crippen LogP contribution >= 0.6 is 11.3 Å². The molecule has 0 aliphatic carbocycles. The Morgan fingerprint density at radius 1 is 1.33 bits per heavy atom. The van der Waals surface area contributed by atoms with Gasteiger partial charge in [-0.1, -0.05) is 6.92 Å². The first-order valence-electron chi connectivity index (χ1n) is 6.67. The van der Waals surface area contributed by atoms with Crippen LogP contribution in [0.2, 0.25) is 0 Å². The molecule has 1 unspecified atom stereocenters. The molecule has 98 valence electrons. The molecule has 2 aromatic heterocycles. The Hall–Kier alpha value is -1.06. The van der Waals surface area contributed by atoms with Crippen LogP contribution < -0.4 is 5.32 Å². The molecule has 2 rings (SSSR count). The maximum Gasteiger partial charge on any atom is 0.0223 e. The molecule has 0 aromatic carbocycles. The molecule has 0 bridgehead atoms. The molecule has 0 spiro atoms. The van der Waals surface area contributed by atoms with Crippen molar-refractivity contribution in [2.45, 2.75) is 45.8 Å². The van der Waals surface area contributed by atoms with E-state index in [9.17, 15) is 0 Å². The van der Waals surface area contributed by atoms with Crippen LogP contribution in [0.3, 0.4) is 0 Å². The van der Waals surface area contributed by atoms with Crippen molar-refractivity contribution >= 4 is 11.3 Å². The number of nitrogens with zero attached hydrogens (tertiary/aromatic N) is 1. The van der Waals surface area contributed by atoms with Gasteiger partial charge in [-0.25, -0.2) is 0 Å². The lowest BCUT2D eigenvalue weighted by atomic mass is 10.1. The van der Waals surface area contributed by atoms with Gasteiger partial charge in [0, 0.05) is 31.5 Å². The number of thiophene rings is 1. The summed E-state index contributed by atoms with van der Waals surface area (Å²) in [6.07, 6.45) is 6.72. The summed E-state index contributed by atoms with van der Waals surface area (Å²) in [4.78, 5) is 0. The third kappa shape index (κ3) is 4.00. The standard InChI is InChI=1S/C15H22N2S/c1-3-6-17-7-4-15(11-17)10-16-13(2)9-14-5-8-18-12-14/h4-5,7-8,11-13,16H,3,6,9-10H2,1-2H3. The van der Waals surface area contributed by atoms with Gasteiger partial charge in [0.25, 0.3) is 0 Å². The van der Waals surface area contributed by atoms with Gasteiger partial charge in [-0.05, 0) is 53.8 Å². The zero-order valence-electron chi connectivity index (χ0n) is 11.2. The van der Waals surface area contributed by atoms with Gasteiger partial charge in [0.2, 0.25) is 0 Å². The highest BCUT2D eigenvalue weighted by atomic mass is 32.1. The molecule has 1 atom stereocenters. The summed E-state index contributed by atoms with van der Waals surface area (Å²) in [5, 5.41) is 7.96. The van der Waals surface area contributed by atoms with Gasteiger partial charge in [-0.15, -0.1) is 0 Å². The van der Waals surface area contributed by atoms with Crippen LogP contribution in [0, 0.1) is 0 Å². The Kier molecular flexibility index (Phi) is 5.02. The summed E-state index contributed by atoms with van der Waals surface area (Å²) in [6.45, 7) is 6.54. The molecule has 18 heavy (non-hydrogen) atoms. The van der Waals surface area contributed by atoms with E-state index in [0.29, 0.717) is 6.04 Å². The monoisotopic (exact) mass is 262 g/mol. The van der Waals surface area contributed by atoms with Crippen molar-refractivity contribution in [3.05, 3.63) is 46.4 Å². The number of nitrogens with one attached hydrogen (secondary N) is 1. The van der Waals surface area contributed by atoms with Crippen molar-refractivity contribution in [3.63, 3.8) is 0 Å². The molecule has 2 nitrogen and oxygen atoms in total. The first-order valence-corrected chi connectivity index (χ1v) is 7.61. The lowest BCUT2D eigenvalue weighted by molar-refractivity contribution is 0.545. The Bertz CT molecular complexity index is 445. The third-order valence-corrected chi connectivity index (χ3v) is 3.80. The minimum absolute atomic E-state index is 0.522. The van der Waals surface area contributed by atoms with Crippen molar-refractivity contribution < 1.29 is 0 Å². The van der Waals surface area contributed by atoms with Crippen molar-refractivity contribution in [2.75, 3.05) is 0 Å². The van der Waals surface area contributed by atoms with E-state index in [2.05, 4.69) is 59.0 Å². The maximum atomic E-state index is 3.58. The first-order chi connectivity index (χ1) is 8.78. The van der Waals surface area contributed by atoms with E-state index in [0.717, 1.165) is 19.5 Å². The highest BCUT2D eigenvalue weighted by Crippen LogP contribution is 2.09. The zero-order valence-corrected chi connectivity index (χ0v) is 12.0. The molecule has 0 amide bonds. The van der Waals surface area contributed by atoms with Gasteiger partial charge >= 0.3 is 0 Å². The zero-order chi connectivity index (χ0) is 12.8. The molecule has 0 saturated heterocycles. The average molecular weight is 262 g/mol. The fourth-order valence-corrected chi connectivity index (χ4v) is 2.80. The Morgan fingerprint density at radius 2 is 2.22 bits per heavy atom. The molecule has 0 aliphatic rings. The average Bonchev–Trinajstić information content (AvgIpc) is 2.99. The van der Waals surface area contributed by atoms with E-state index in [4.69, 9.17) is 0 Å². The number of hydrogen-bond acceptors (Lipinski definition) is 2. The van der Waals surface area contributed by atoms with Gasteiger partial charge in [-0.3, -0.25) is 0 Å². The van der Waals surface area contributed by atoms with Gasteiger partial charge in [0.15, 0.2) is 0 Å². The molecular formula is C15H22N2S. The number of hydrogen-bond donors (Lipinski definition) is 1. The van der Waals surface area contributed by atoms with Crippen LogP contribution in [-0.2, 0) is 19.5 Å². The number of aromatic nitrogens is 1. The molecule has 0 radical (unpaired) electrons. The summed E-state index contributed by atoms with van der Waals surface area (Å²) >= 11 is 1.77. The smallest absolute Gasteiger partial charge is 0.0223 e. The molecule has 3 heteroatoms. The molecule has 0 fully saturated rings. The number of rotatable bonds is 7. The van der Waals surface area contributed by atoms with E-state index in [1.54, 1.807) is 11.3 Å². The minimum Gasteiger partial charge on any atom is -0.354 e. The third-order valence-electron chi connectivity index (χ3n) is 3.07. The Morgan fingerprint density at radius 3 is 2.94 bits per heavy atom. The summed E-state index contributed by atoms with van der Waals surface area (Å²) < 4.78 is 2.26. The Labute approximate surface area is 114 Å². The van der Waals surface area contributed by atoms with Crippen LogP contribution in [0.15, 0.2) is 35.3 Å². The van der Waals surface area contributed by atoms with Gasteiger partial charge in [0.05, 0.1) is 0 Å². The van der Waals surface area contributed by atoms with Crippen LogP contribution in [0.1, 0.15) is 31.4 Å². The van der Waals surface area contributed by atoms with E-state index in [1.807, 2.05) is 0 Å². The van der Waals surface area contributed by atoms with Crippen LogP contribution in [0.5, 0.6) is 0 Å². The molecule has 0 saturated carbocycles. The summed E-state index contributed by atoms with van der Waals surface area (Å²) in [5.74, 6) is 0. The van der Waals surface area contributed by atoms with E-state index < -0.39 is 0 Å². The second-order valence-electron chi connectivity index (χ2n) is 4.88. The second kappa shape index (κ2) is 6.76. The quantitative estimate of drug-likeness (QED) is 0.805. The normalized spacial score (nSPS) is 12.8. The predicted molar refractivity (Wildman–Crippen MR) is 79.0 cm³/mol. The van der Waals surface area contributed by atoms with Crippen LogP contribution in [0.4, 0.5) is 0 Å². The van der Waals surface area contributed by atoms with Gasteiger partial charge in [0.1, 0.15) is 0 Å². The van der Waals surface area contributed by atoms with Crippen molar-refractivity contribution in [2.24, 2.45) is 0 Å². The van der Waals surface area contributed by atoms with Crippen molar-refractivity contribution in [1.29, 1.82) is 0 Å². The van der Waals surface area contributed by atoms with Crippen molar-refractivity contribution in [3.8, 4) is 0 Å². The molecule has 2 aromatic rings. The second-order valence-corrected chi connectivity index (χ2v) is 5.66. The lowest BCUT2D eigenvalue weighted by Gasteiger charge is -2.12. The van der Waals surface area contributed by atoms with E-state index in [1.165, 1.54) is 17.5 Å². The van der Waals surface area contributed by atoms with Gasteiger partial charge < -0.3 is 9.88 Å². The highest BCUT2D eigenvalue weighted by Gasteiger charge is 2.04. The Balaban J connectivity index is 1.76. The molecule has 2 heterocycles. The first kappa shape index (κ1) is 13.4.